The topological polar surface area (TPSA) is 93.3 Å². The number of hydrogen-bond donors (Lipinski definition) is 1. The first-order chi connectivity index (χ1) is 10.5. The first-order valence-electron chi connectivity index (χ1n) is 7.22. The molecular formula is C15H20N2O4S. The van der Waals surface area contributed by atoms with Gasteiger partial charge in [-0.2, -0.15) is 4.98 Å². The Hall–Kier alpha value is -1.73. The standard InChI is InChI=1S/C15H20N2O4S/c1-12-7-3-4-8-13(12)15-16-14(17-21-15)11-22(19,20)10-6-2-5-9-18/h3-4,7-8,18H,2,5-6,9-11H2,1H3. The first-order valence-corrected chi connectivity index (χ1v) is 9.04. The molecule has 0 aliphatic rings. The molecule has 1 heterocycles. The number of hydrogen-bond acceptors (Lipinski definition) is 6. The molecule has 0 aliphatic carbocycles. The third kappa shape index (κ3) is 4.64. The molecule has 7 heteroatoms. The Morgan fingerprint density at radius 1 is 1.18 bits per heavy atom. The quantitative estimate of drug-likeness (QED) is 0.748. The second-order valence-electron chi connectivity index (χ2n) is 5.21. The molecule has 0 spiro atoms. The molecule has 22 heavy (non-hydrogen) atoms. The van der Waals surface area contributed by atoms with Gasteiger partial charge >= 0.3 is 0 Å². The van der Waals surface area contributed by atoms with Gasteiger partial charge in [0.25, 0.3) is 5.89 Å². The van der Waals surface area contributed by atoms with Crippen LogP contribution in [0.2, 0.25) is 0 Å². The van der Waals surface area contributed by atoms with Gasteiger partial charge in [0.2, 0.25) is 0 Å². The molecule has 0 unspecified atom stereocenters. The molecule has 0 amide bonds. The summed E-state index contributed by atoms with van der Waals surface area (Å²) in [7, 11) is -3.26. The Morgan fingerprint density at radius 2 is 1.95 bits per heavy atom. The molecule has 0 aliphatic heterocycles. The number of aromatic nitrogens is 2. The maximum atomic E-state index is 12.0. The third-order valence-electron chi connectivity index (χ3n) is 3.31. The molecule has 0 saturated heterocycles. The van der Waals surface area contributed by atoms with Crippen molar-refractivity contribution >= 4 is 9.84 Å². The molecular weight excluding hydrogens is 304 g/mol. The van der Waals surface area contributed by atoms with Crippen molar-refractivity contribution < 1.29 is 18.0 Å². The van der Waals surface area contributed by atoms with E-state index >= 15 is 0 Å². The lowest BCUT2D eigenvalue weighted by Crippen LogP contribution is -2.10. The van der Waals surface area contributed by atoms with E-state index in [2.05, 4.69) is 10.1 Å². The second kappa shape index (κ2) is 7.51. The number of unbranched alkanes of at least 4 members (excludes halogenated alkanes) is 2. The first kappa shape index (κ1) is 16.6. The highest BCUT2D eigenvalue weighted by Crippen LogP contribution is 2.21. The van der Waals surface area contributed by atoms with Gasteiger partial charge in [-0.15, -0.1) is 0 Å². The zero-order chi connectivity index (χ0) is 16.0. The van der Waals surface area contributed by atoms with Crippen LogP contribution in [-0.4, -0.2) is 36.0 Å². The van der Waals surface area contributed by atoms with Gasteiger partial charge in [0.1, 0.15) is 5.75 Å². The van der Waals surface area contributed by atoms with Crippen molar-refractivity contribution in [3.05, 3.63) is 35.7 Å². The predicted molar refractivity (Wildman–Crippen MR) is 82.9 cm³/mol. The highest BCUT2D eigenvalue weighted by atomic mass is 32.2. The highest BCUT2D eigenvalue weighted by molar-refractivity contribution is 7.90. The normalized spacial score (nSPS) is 11.7. The monoisotopic (exact) mass is 324 g/mol. The van der Waals surface area contributed by atoms with Gasteiger partial charge in [0, 0.05) is 12.2 Å². The molecule has 1 aromatic carbocycles. The number of rotatable bonds is 8. The van der Waals surface area contributed by atoms with E-state index in [4.69, 9.17) is 9.63 Å². The van der Waals surface area contributed by atoms with Crippen LogP contribution in [0.15, 0.2) is 28.8 Å². The van der Waals surface area contributed by atoms with Crippen LogP contribution in [0.1, 0.15) is 30.7 Å². The Kier molecular flexibility index (Phi) is 5.68. The molecule has 6 nitrogen and oxygen atoms in total. The minimum absolute atomic E-state index is 0.0707. The van der Waals surface area contributed by atoms with Crippen molar-refractivity contribution in [1.29, 1.82) is 0 Å². The fraction of sp³-hybridized carbons (Fsp3) is 0.467. The van der Waals surface area contributed by atoms with Crippen LogP contribution in [0.3, 0.4) is 0 Å². The van der Waals surface area contributed by atoms with Crippen molar-refractivity contribution in [1.82, 2.24) is 10.1 Å². The summed E-state index contributed by atoms with van der Waals surface area (Å²) in [5.74, 6) is 0.368. The van der Waals surface area contributed by atoms with Gasteiger partial charge in [0.15, 0.2) is 15.7 Å². The third-order valence-corrected chi connectivity index (χ3v) is 4.91. The predicted octanol–water partition coefficient (Wildman–Crippen LogP) is 2.12. The van der Waals surface area contributed by atoms with E-state index in [0.717, 1.165) is 11.1 Å². The van der Waals surface area contributed by atoms with Crippen LogP contribution in [0.5, 0.6) is 0 Å². The molecule has 2 aromatic rings. The van der Waals surface area contributed by atoms with Crippen molar-refractivity contribution in [3.8, 4) is 11.5 Å². The zero-order valence-corrected chi connectivity index (χ0v) is 13.3. The van der Waals surface area contributed by atoms with Gasteiger partial charge in [-0.25, -0.2) is 8.42 Å². The van der Waals surface area contributed by atoms with Crippen LogP contribution >= 0.6 is 0 Å². The molecule has 0 radical (unpaired) electrons. The van der Waals surface area contributed by atoms with E-state index in [-0.39, 0.29) is 23.9 Å². The summed E-state index contributed by atoms with van der Waals surface area (Å²) in [6.45, 7) is 2.02. The molecule has 0 bridgehead atoms. The largest absolute Gasteiger partial charge is 0.396 e. The molecule has 1 N–H and O–H groups in total. The van der Waals surface area contributed by atoms with E-state index in [0.29, 0.717) is 25.2 Å². The van der Waals surface area contributed by atoms with E-state index in [1.807, 2.05) is 31.2 Å². The van der Waals surface area contributed by atoms with E-state index in [1.54, 1.807) is 0 Å². The SMILES string of the molecule is Cc1ccccc1-c1nc(CS(=O)(=O)CCCCCO)no1. The van der Waals surface area contributed by atoms with E-state index in [9.17, 15) is 8.42 Å². The van der Waals surface area contributed by atoms with Crippen LogP contribution in [-0.2, 0) is 15.6 Å². The lowest BCUT2D eigenvalue weighted by atomic mass is 10.1. The minimum Gasteiger partial charge on any atom is -0.396 e. The average Bonchev–Trinajstić information content (AvgIpc) is 2.91. The number of sulfone groups is 1. The number of aliphatic hydroxyl groups is 1. The maximum absolute atomic E-state index is 12.0. The van der Waals surface area contributed by atoms with Crippen LogP contribution in [0, 0.1) is 6.92 Å². The molecule has 2 rings (SSSR count). The summed E-state index contributed by atoms with van der Waals surface area (Å²) in [6, 6.07) is 7.56. The Bertz CT molecular complexity index is 710. The van der Waals surface area contributed by atoms with Crippen molar-refractivity contribution in [2.45, 2.75) is 31.9 Å². The number of benzene rings is 1. The lowest BCUT2D eigenvalue weighted by molar-refractivity contribution is 0.284. The summed E-state index contributed by atoms with van der Waals surface area (Å²) >= 11 is 0. The fourth-order valence-electron chi connectivity index (χ4n) is 2.11. The average molecular weight is 324 g/mol. The molecule has 1 aromatic heterocycles. The number of aliphatic hydroxyl groups excluding tert-OH is 1. The number of aryl methyl sites for hydroxylation is 1. The summed E-state index contributed by atoms with van der Waals surface area (Å²) in [4.78, 5) is 4.17. The van der Waals surface area contributed by atoms with Gasteiger partial charge in [-0.05, 0) is 31.4 Å². The fourth-order valence-corrected chi connectivity index (χ4v) is 3.41. The van der Waals surface area contributed by atoms with E-state index < -0.39 is 9.84 Å². The Labute approximate surface area is 130 Å². The molecule has 0 atom stereocenters. The summed E-state index contributed by atoms with van der Waals surface area (Å²) < 4.78 is 29.1. The summed E-state index contributed by atoms with van der Waals surface area (Å²) in [5.41, 5.74) is 1.80. The van der Waals surface area contributed by atoms with Crippen molar-refractivity contribution in [2.75, 3.05) is 12.4 Å². The summed E-state index contributed by atoms with van der Waals surface area (Å²) in [5, 5.41) is 12.4. The lowest BCUT2D eigenvalue weighted by Gasteiger charge is -2.01. The Balaban J connectivity index is 2.01. The minimum atomic E-state index is -3.26. The van der Waals surface area contributed by atoms with Gasteiger partial charge in [-0.3, -0.25) is 0 Å². The van der Waals surface area contributed by atoms with Crippen LogP contribution in [0.25, 0.3) is 11.5 Å². The van der Waals surface area contributed by atoms with E-state index in [1.165, 1.54) is 0 Å². The smallest absolute Gasteiger partial charge is 0.258 e. The number of nitrogens with zero attached hydrogens (tertiary/aromatic N) is 2. The van der Waals surface area contributed by atoms with Gasteiger partial charge in [0.05, 0.1) is 5.75 Å². The maximum Gasteiger partial charge on any atom is 0.258 e. The van der Waals surface area contributed by atoms with Crippen molar-refractivity contribution in [2.24, 2.45) is 0 Å². The van der Waals surface area contributed by atoms with Crippen LogP contribution in [0.4, 0.5) is 0 Å². The molecule has 120 valence electrons. The highest BCUT2D eigenvalue weighted by Gasteiger charge is 2.17. The van der Waals surface area contributed by atoms with Crippen LogP contribution < -0.4 is 0 Å². The zero-order valence-electron chi connectivity index (χ0n) is 12.5. The second-order valence-corrected chi connectivity index (χ2v) is 7.39. The summed E-state index contributed by atoms with van der Waals surface area (Å²) in [6.07, 6.45) is 1.84. The van der Waals surface area contributed by atoms with Crippen molar-refractivity contribution in [3.63, 3.8) is 0 Å². The van der Waals surface area contributed by atoms with Gasteiger partial charge < -0.3 is 9.63 Å². The Morgan fingerprint density at radius 3 is 2.68 bits per heavy atom. The molecule has 0 fully saturated rings. The molecule has 0 saturated carbocycles. The van der Waals surface area contributed by atoms with Gasteiger partial charge in [-0.1, -0.05) is 29.8 Å².